The van der Waals surface area contributed by atoms with Gasteiger partial charge in [0.15, 0.2) is 0 Å². The molecule has 3 unspecified atom stereocenters. The maximum atomic E-state index is 13.5. The minimum Gasteiger partial charge on any atom is -0.398 e. The summed E-state index contributed by atoms with van der Waals surface area (Å²) in [6.07, 6.45) is 1.18. The van der Waals surface area contributed by atoms with E-state index in [9.17, 15) is 4.79 Å². The summed E-state index contributed by atoms with van der Waals surface area (Å²) in [6, 6.07) is 29.9. The number of amides is 1. The molecule has 1 spiro atoms. The maximum absolute atomic E-state index is 13.5. The van der Waals surface area contributed by atoms with E-state index < -0.39 is 9.25 Å². The fourth-order valence-corrected chi connectivity index (χ4v) is 13.6. The number of nitrogen functional groups attached to an aromatic ring is 1. The first-order valence-corrected chi connectivity index (χ1v) is 16.2. The lowest BCUT2D eigenvalue weighted by molar-refractivity contribution is -0.120. The molecule has 3 saturated heterocycles. The van der Waals surface area contributed by atoms with Gasteiger partial charge in [-0.15, -0.1) is 9.25 Å². The molecule has 0 aromatic heterocycles. The van der Waals surface area contributed by atoms with Crippen molar-refractivity contribution in [3.05, 3.63) is 102 Å². The number of nitrogens with zero attached hydrogens (tertiary/aromatic N) is 2. The Balaban J connectivity index is 1.29. The highest BCUT2D eigenvalue weighted by atomic mass is 33.2. The van der Waals surface area contributed by atoms with E-state index in [2.05, 4.69) is 81.3 Å². The highest BCUT2D eigenvalue weighted by molar-refractivity contribution is 8.94. The minimum absolute atomic E-state index is 0.163. The maximum Gasteiger partial charge on any atom is 0.239 e. The van der Waals surface area contributed by atoms with Gasteiger partial charge in [0, 0.05) is 43.4 Å². The van der Waals surface area contributed by atoms with Crippen LogP contribution >= 0.6 is 20.0 Å². The average Bonchev–Trinajstić information content (AvgIpc) is 3.50. The van der Waals surface area contributed by atoms with Crippen molar-refractivity contribution in [2.75, 3.05) is 43.4 Å². The highest BCUT2D eigenvalue weighted by Gasteiger charge is 2.55. The number of para-hydroxylation sites is 1. The van der Waals surface area contributed by atoms with E-state index in [1.807, 2.05) is 29.0 Å². The van der Waals surface area contributed by atoms with Gasteiger partial charge in [0.2, 0.25) is 5.91 Å². The first-order valence-electron chi connectivity index (χ1n) is 12.8. The molecule has 188 valence electrons. The molecule has 36 heavy (non-hydrogen) atoms. The van der Waals surface area contributed by atoms with Gasteiger partial charge in [-0.2, -0.15) is 0 Å². The van der Waals surface area contributed by atoms with E-state index in [1.54, 1.807) is 0 Å². The SMILES string of the molecule is Nc1ccccc1C1C(=O)NS2(CCCS2)C1N1CCN(C(c2ccccc2)c2ccccc2)CC1. The van der Waals surface area contributed by atoms with Gasteiger partial charge in [-0.05, 0) is 29.2 Å². The topological polar surface area (TPSA) is 61.6 Å². The quantitative estimate of drug-likeness (QED) is 0.368. The predicted molar refractivity (Wildman–Crippen MR) is 153 cm³/mol. The van der Waals surface area contributed by atoms with Gasteiger partial charge < -0.3 is 10.5 Å². The van der Waals surface area contributed by atoms with Crippen molar-refractivity contribution in [2.45, 2.75) is 23.8 Å². The van der Waals surface area contributed by atoms with E-state index >= 15 is 0 Å². The Hall–Kier alpha value is -2.45. The van der Waals surface area contributed by atoms with Crippen molar-refractivity contribution < 1.29 is 4.79 Å². The van der Waals surface area contributed by atoms with E-state index in [-0.39, 0.29) is 23.2 Å². The molecule has 3 aliphatic rings. The molecule has 3 fully saturated rings. The molecule has 3 atom stereocenters. The summed E-state index contributed by atoms with van der Waals surface area (Å²) in [5, 5.41) is 0.191. The molecular formula is C29H34N4OS2. The molecule has 6 rings (SSSR count). The van der Waals surface area contributed by atoms with Crippen LogP contribution < -0.4 is 10.5 Å². The summed E-state index contributed by atoms with van der Waals surface area (Å²) in [4.78, 5) is 18.7. The number of carbonyl (C=O) groups excluding carboxylic acids is 1. The summed E-state index contributed by atoms with van der Waals surface area (Å²) in [7, 11) is 0.716. The van der Waals surface area contributed by atoms with E-state index in [0.717, 1.165) is 48.9 Å². The third kappa shape index (κ3) is 4.32. The monoisotopic (exact) mass is 518 g/mol. The number of anilines is 1. The van der Waals surface area contributed by atoms with Crippen LogP contribution in [0.4, 0.5) is 5.69 Å². The fourth-order valence-electron chi connectivity index (χ4n) is 6.13. The van der Waals surface area contributed by atoms with Gasteiger partial charge in [-0.25, -0.2) is 0 Å². The third-order valence-corrected chi connectivity index (χ3v) is 14.5. The molecule has 0 radical (unpaired) electrons. The van der Waals surface area contributed by atoms with Crippen LogP contribution in [0.3, 0.4) is 0 Å². The summed E-state index contributed by atoms with van der Waals surface area (Å²) in [5.41, 5.74) is 10.8. The largest absolute Gasteiger partial charge is 0.398 e. The molecule has 3 N–H and O–H groups in total. The van der Waals surface area contributed by atoms with Crippen LogP contribution in [0.1, 0.15) is 35.1 Å². The van der Waals surface area contributed by atoms with Crippen LogP contribution in [0.2, 0.25) is 0 Å². The summed E-state index contributed by atoms with van der Waals surface area (Å²) >= 11 is 0. The van der Waals surface area contributed by atoms with Crippen molar-refractivity contribution in [1.82, 2.24) is 14.5 Å². The molecule has 1 amide bonds. The lowest BCUT2D eigenvalue weighted by Crippen LogP contribution is -2.53. The Bertz CT molecular complexity index is 1150. The Kier molecular flexibility index (Phi) is 6.73. The number of carbonyl (C=O) groups is 1. The third-order valence-electron chi connectivity index (χ3n) is 7.75. The molecule has 3 aromatic rings. The average molecular weight is 519 g/mol. The molecular weight excluding hydrogens is 484 g/mol. The lowest BCUT2D eigenvalue weighted by Gasteiger charge is -2.48. The second-order valence-corrected chi connectivity index (χ2v) is 15.5. The summed E-state index contributed by atoms with van der Waals surface area (Å²) < 4.78 is 3.53. The van der Waals surface area contributed by atoms with Gasteiger partial charge in [0.1, 0.15) is 0 Å². The second kappa shape index (κ2) is 10.1. The van der Waals surface area contributed by atoms with Crippen molar-refractivity contribution in [3.63, 3.8) is 0 Å². The zero-order valence-corrected chi connectivity index (χ0v) is 22.1. The Morgan fingerprint density at radius 3 is 2.06 bits per heavy atom. The summed E-state index contributed by atoms with van der Waals surface area (Å²) in [6.45, 7) is 3.84. The first kappa shape index (κ1) is 23.9. The van der Waals surface area contributed by atoms with E-state index in [4.69, 9.17) is 5.73 Å². The highest BCUT2D eigenvalue weighted by Crippen LogP contribution is 2.71. The zero-order chi connectivity index (χ0) is 24.5. The first-order chi connectivity index (χ1) is 17.7. The van der Waals surface area contributed by atoms with Crippen molar-refractivity contribution in [2.24, 2.45) is 0 Å². The second-order valence-electron chi connectivity index (χ2n) is 9.87. The number of nitrogens with two attached hydrogens (primary N) is 1. The molecule has 5 nitrogen and oxygen atoms in total. The molecule has 0 aliphatic carbocycles. The van der Waals surface area contributed by atoms with Crippen LogP contribution in [0, 0.1) is 0 Å². The number of rotatable bonds is 5. The van der Waals surface area contributed by atoms with Gasteiger partial charge in [-0.1, -0.05) is 89.7 Å². The van der Waals surface area contributed by atoms with Crippen LogP contribution in [0.5, 0.6) is 0 Å². The van der Waals surface area contributed by atoms with Crippen LogP contribution in [-0.4, -0.2) is 58.8 Å². The molecule has 0 saturated carbocycles. The Labute approximate surface area is 219 Å². The minimum atomic E-state index is -1.30. The normalized spacial score (nSPS) is 28.9. The lowest BCUT2D eigenvalue weighted by atomic mass is 9.94. The molecule has 3 heterocycles. The van der Waals surface area contributed by atoms with Gasteiger partial charge in [0.05, 0.1) is 17.3 Å². The number of nitrogens with one attached hydrogen (secondary N) is 1. The van der Waals surface area contributed by atoms with Gasteiger partial charge >= 0.3 is 0 Å². The van der Waals surface area contributed by atoms with Gasteiger partial charge in [-0.3, -0.25) is 14.6 Å². The molecule has 7 heteroatoms. The zero-order valence-electron chi connectivity index (χ0n) is 20.5. The van der Waals surface area contributed by atoms with E-state index in [0.29, 0.717) is 0 Å². The van der Waals surface area contributed by atoms with E-state index in [1.165, 1.54) is 17.5 Å². The number of hydrogen-bond acceptors (Lipinski definition) is 5. The van der Waals surface area contributed by atoms with Gasteiger partial charge in [0.25, 0.3) is 0 Å². The smallest absolute Gasteiger partial charge is 0.239 e. The molecule has 3 aliphatic heterocycles. The number of benzene rings is 3. The van der Waals surface area contributed by atoms with Crippen LogP contribution in [0.25, 0.3) is 0 Å². The number of piperazine rings is 1. The Morgan fingerprint density at radius 1 is 0.861 bits per heavy atom. The predicted octanol–water partition coefficient (Wildman–Crippen LogP) is 4.99. The Morgan fingerprint density at radius 2 is 1.47 bits per heavy atom. The molecule has 3 aromatic carbocycles. The fraction of sp³-hybridized carbons (Fsp3) is 0.345. The summed E-state index contributed by atoms with van der Waals surface area (Å²) in [5.74, 6) is 2.20. The van der Waals surface area contributed by atoms with Crippen molar-refractivity contribution in [3.8, 4) is 0 Å². The van der Waals surface area contributed by atoms with Crippen LogP contribution in [0.15, 0.2) is 84.9 Å². The van der Waals surface area contributed by atoms with Crippen molar-refractivity contribution in [1.29, 1.82) is 0 Å². The van der Waals surface area contributed by atoms with Crippen LogP contribution in [-0.2, 0) is 4.79 Å². The van der Waals surface area contributed by atoms with Crippen molar-refractivity contribution >= 4 is 31.6 Å². The number of hydrogen-bond donors (Lipinski definition) is 2. The molecule has 0 bridgehead atoms. The standard InChI is InChI=1S/C29H34N4OS2/c30-25-15-8-7-14-24(25)26-28(34)31-36(21-9-20-35-36)29(26)33-18-16-32(17-19-33)27(22-10-3-1-4-11-22)23-12-5-2-6-13-23/h1-8,10-15,26-27,29H,9,16-21,30H2,(H,31,34).